The molecule has 4 heteroatoms. The summed E-state index contributed by atoms with van der Waals surface area (Å²) >= 11 is 0. The highest BCUT2D eigenvalue weighted by Gasteiger charge is 2.27. The normalized spacial score (nSPS) is 23.5. The van der Waals surface area contributed by atoms with Gasteiger partial charge in [0.2, 0.25) is 5.89 Å². The third-order valence-electron chi connectivity index (χ3n) is 3.90. The summed E-state index contributed by atoms with van der Waals surface area (Å²) in [7, 11) is 0. The number of rotatable bonds is 3. The molecule has 108 valence electrons. The average molecular weight is 265 g/mol. The fourth-order valence-electron chi connectivity index (χ4n) is 2.71. The summed E-state index contributed by atoms with van der Waals surface area (Å²) in [5.74, 6) is 1.77. The standard InChI is InChI=1S/C15H27N3O/c1-11(16)12-7-5-6-8-18(12)10-14-17-9-13(19-14)15(2,3)4/h9,11-12H,5-8,10,16H2,1-4H3. The summed E-state index contributed by atoms with van der Waals surface area (Å²) in [6.45, 7) is 10.4. The van der Waals surface area contributed by atoms with Crippen LogP contribution in [-0.4, -0.2) is 28.5 Å². The van der Waals surface area contributed by atoms with Gasteiger partial charge in [0.05, 0.1) is 12.7 Å². The van der Waals surface area contributed by atoms with Crippen molar-refractivity contribution in [2.24, 2.45) is 5.73 Å². The van der Waals surface area contributed by atoms with Crippen LogP contribution in [0.4, 0.5) is 0 Å². The summed E-state index contributed by atoms with van der Waals surface area (Å²) < 4.78 is 5.89. The Labute approximate surface area is 116 Å². The van der Waals surface area contributed by atoms with E-state index in [9.17, 15) is 0 Å². The van der Waals surface area contributed by atoms with Crippen LogP contribution >= 0.6 is 0 Å². The largest absolute Gasteiger partial charge is 0.444 e. The quantitative estimate of drug-likeness (QED) is 0.913. The van der Waals surface area contributed by atoms with Gasteiger partial charge in [-0.3, -0.25) is 4.90 Å². The number of nitrogens with two attached hydrogens (primary N) is 1. The van der Waals surface area contributed by atoms with Crippen LogP contribution in [0.2, 0.25) is 0 Å². The fraction of sp³-hybridized carbons (Fsp3) is 0.800. The molecule has 2 N–H and O–H groups in total. The fourth-order valence-corrected chi connectivity index (χ4v) is 2.71. The van der Waals surface area contributed by atoms with Gasteiger partial charge in [0.1, 0.15) is 5.76 Å². The van der Waals surface area contributed by atoms with Crippen LogP contribution in [0.25, 0.3) is 0 Å². The number of aromatic nitrogens is 1. The van der Waals surface area contributed by atoms with Crippen molar-refractivity contribution in [3.8, 4) is 0 Å². The average Bonchev–Trinajstić information content (AvgIpc) is 2.77. The van der Waals surface area contributed by atoms with E-state index in [4.69, 9.17) is 10.2 Å². The lowest BCUT2D eigenvalue weighted by molar-refractivity contribution is 0.111. The van der Waals surface area contributed by atoms with Gasteiger partial charge in [-0.25, -0.2) is 4.98 Å². The zero-order valence-corrected chi connectivity index (χ0v) is 12.6. The Morgan fingerprint density at radius 1 is 1.47 bits per heavy atom. The summed E-state index contributed by atoms with van der Waals surface area (Å²) in [4.78, 5) is 6.84. The zero-order valence-electron chi connectivity index (χ0n) is 12.6. The molecule has 2 rings (SSSR count). The molecule has 0 amide bonds. The molecule has 1 aromatic heterocycles. The first kappa shape index (κ1) is 14.5. The highest BCUT2D eigenvalue weighted by molar-refractivity contribution is 5.06. The Balaban J connectivity index is 2.05. The lowest BCUT2D eigenvalue weighted by atomic mass is 9.94. The van der Waals surface area contributed by atoms with Gasteiger partial charge in [0, 0.05) is 17.5 Å². The predicted octanol–water partition coefficient (Wildman–Crippen LogP) is 2.67. The molecule has 0 bridgehead atoms. The third kappa shape index (κ3) is 3.57. The third-order valence-corrected chi connectivity index (χ3v) is 3.90. The van der Waals surface area contributed by atoms with Crippen LogP contribution in [0.3, 0.4) is 0 Å². The number of piperidine rings is 1. The van der Waals surface area contributed by atoms with Crippen molar-refractivity contribution in [3.63, 3.8) is 0 Å². The molecule has 2 unspecified atom stereocenters. The van der Waals surface area contributed by atoms with Crippen molar-refractivity contribution < 1.29 is 4.42 Å². The van der Waals surface area contributed by atoms with E-state index in [0.29, 0.717) is 6.04 Å². The molecule has 0 spiro atoms. The minimum absolute atomic E-state index is 0.0215. The van der Waals surface area contributed by atoms with E-state index in [1.54, 1.807) is 0 Å². The molecule has 0 radical (unpaired) electrons. The minimum Gasteiger partial charge on any atom is -0.444 e. The first-order valence-corrected chi connectivity index (χ1v) is 7.33. The van der Waals surface area contributed by atoms with Crippen LogP contribution in [0.15, 0.2) is 10.6 Å². The molecule has 1 aliphatic rings. The summed E-state index contributed by atoms with van der Waals surface area (Å²) in [5.41, 5.74) is 6.11. The van der Waals surface area contributed by atoms with Gasteiger partial charge in [-0.15, -0.1) is 0 Å². The second-order valence-corrected chi connectivity index (χ2v) is 6.76. The van der Waals surface area contributed by atoms with Crippen molar-refractivity contribution in [2.45, 2.75) is 71.0 Å². The Bertz CT molecular complexity index is 406. The first-order valence-electron chi connectivity index (χ1n) is 7.33. The molecule has 1 aromatic rings. The number of hydrogen-bond donors (Lipinski definition) is 1. The van der Waals surface area contributed by atoms with Gasteiger partial charge in [-0.1, -0.05) is 27.2 Å². The lowest BCUT2D eigenvalue weighted by Gasteiger charge is -2.37. The molecular weight excluding hydrogens is 238 g/mol. The van der Waals surface area contributed by atoms with Crippen molar-refractivity contribution in [2.75, 3.05) is 6.54 Å². The van der Waals surface area contributed by atoms with Crippen LogP contribution in [0, 0.1) is 0 Å². The monoisotopic (exact) mass is 265 g/mol. The molecule has 2 atom stereocenters. The van der Waals surface area contributed by atoms with Crippen LogP contribution in [0.5, 0.6) is 0 Å². The van der Waals surface area contributed by atoms with E-state index in [1.807, 2.05) is 6.20 Å². The molecule has 19 heavy (non-hydrogen) atoms. The Hall–Kier alpha value is -0.870. The highest BCUT2D eigenvalue weighted by Crippen LogP contribution is 2.25. The first-order chi connectivity index (χ1) is 8.88. The number of nitrogens with zero attached hydrogens (tertiary/aromatic N) is 2. The van der Waals surface area contributed by atoms with E-state index in [0.717, 1.165) is 24.7 Å². The van der Waals surface area contributed by atoms with Gasteiger partial charge in [-0.2, -0.15) is 0 Å². The summed E-state index contributed by atoms with van der Waals surface area (Å²) in [6.07, 6.45) is 5.57. The smallest absolute Gasteiger partial charge is 0.208 e. The minimum atomic E-state index is 0.0215. The van der Waals surface area contributed by atoms with Crippen molar-refractivity contribution in [3.05, 3.63) is 17.8 Å². The molecular formula is C15H27N3O. The highest BCUT2D eigenvalue weighted by atomic mass is 16.4. The number of likely N-dealkylation sites (tertiary alicyclic amines) is 1. The molecule has 0 saturated carbocycles. The van der Waals surface area contributed by atoms with Crippen LogP contribution in [0.1, 0.15) is 58.6 Å². The molecule has 1 saturated heterocycles. The van der Waals surface area contributed by atoms with Gasteiger partial charge in [-0.05, 0) is 26.3 Å². The predicted molar refractivity (Wildman–Crippen MR) is 76.9 cm³/mol. The molecule has 4 nitrogen and oxygen atoms in total. The Morgan fingerprint density at radius 3 is 2.79 bits per heavy atom. The van der Waals surface area contributed by atoms with Crippen LogP contribution in [-0.2, 0) is 12.0 Å². The maximum atomic E-state index is 6.09. The van der Waals surface area contributed by atoms with E-state index < -0.39 is 0 Å². The van der Waals surface area contributed by atoms with Crippen LogP contribution < -0.4 is 5.73 Å². The van der Waals surface area contributed by atoms with E-state index in [1.165, 1.54) is 19.3 Å². The second-order valence-electron chi connectivity index (χ2n) is 6.76. The van der Waals surface area contributed by atoms with Gasteiger partial charge >= 0.3 is 0 Å². The zero-order chi connectivity index (χ0) is 14.0. The molecule has 1 aliphatic heterocycles. The summed E-state index contributed by atoms with van der Waals surface area (Å²) in [5, 5.41) is 0. The van der Waals surface area contributed by atoms with E-state index in [2.05, 4.69) is 37.6 Å². The van der Waals surface area contributed by atoms with Crippen molar-refractivity contribution in [1.29, 1.82) is 0 Å². The molecule has 1 fully saturated rings. The Morgan fingerprint density at radius 2 is 2.21 bits per heavy atom. The Kier molecular flexibility index (Phi) is 4.31. The van der Waals surface area contributed by atoms with Gasteiger partial charge in [0.15, 0.2) is 0 Å². The van der Waals surface area contributed by atoms with Crippen molar-refractivity contribution in [1.82, 2.24) is 9.88 Å². The van der Waals surface area contributed by atoms with Crippen molar-refractivity contribution >= 4 is 0 Å². The van der Waals surface area contributed by atoms with Gasteiger partial charge in [0.25, 0.3) is 0 Å². The second kappa shape index (κ2) is 5.63. The van der Waals surface area contributed by atoms with E-state index in [-0.39, 0.29) is 11.5 Å². The van der Waals surface area contributed by atoms with E-state index >= 15 is 0 Å². The maximum absolute atomic E-state index is 6.09. The molecule has 0 aliphatic carbocycles. The topological polar surface area (TPSA) is 55.3 Å². The maximum Gasteiger partial charge on any atom is 0.208 e. The SMILES string of the molecule is CC(N)C1CCCCN1Cc1ncc(C(C)(C)C)o1. The number of oxazole rings is 1. The van der Waals surface area contributed by atoms with Gasteiger partial charge < -0.3 is 10.2 Å². The molecule has 2 heterocycles. The molecule has 0 aromatic carbocycles. The number of hydrogen-bond acceptors (Lipinski definition) is 4. The lowest BCUT2D eigenvalue weighted by Crippen LogP contribution is -2.48. The summed E-state index contributed by atoms with van der Waals surface area (Å²) in [6, 6.07) is 0.663.